The van der Waals surface area contributed by atoms with Gasteiger partial charge in [0.15, 0.2) is 0 Å². The van der Waals surface area contributed by atoms with Crippen molar-refractivity contribution in [2.45, 2.75) is 33.4 Å². The van der Waals surface area contributed by atoms with Crippen molar-refractivity contribution in [3.8, 4) is 0 Å². The molecule has 0 aliphatic carbocycles. The van der Waals surface area contributed by atoms with Gasteiger partial charge in [-0.2, -0.15) is 5.10 Å². The number of piperazine rings is 1. The summed E-state index contributed by atoms with van der Waals surface area (Å²) in [5.74, 6) is 0. The highest BCUT2D eigenvalue weighted by atomic mass is 35.5. The Balaban J connectivity index is 1.65. The SMILES string of the molecule is Cc1nc(C)c(CN2CCN(c3cnn(CC(F)F)c(=O)c3Cl)CC2)s1. The largest absolute Gasteiger partial charge is 0.366 e. The second-order valence-corrected chi connectivity index (χ2v) is 7.89. The van der Waals surface area contributed by atoms with Crippen molar-refractivity contribution in [1.29, 1.82) is 0 Å². The van der Waals surface area contributed by atoms with Crippen molar-refractivity contribution in [2.24, 2.45) is 0 Å². The van der Waals surface area contributed by atoms with E-state index in [1.165, 1.54) is 11.1 Å². The first-order chi connectivity index (χ1) is 12.3. The fourth-order valence-corrected chi connectivity index (χ4v) is 4.25. The van der Waals surface area contributed by atoms with Crippen molar-refractivity contribution in [3.63, 3.8) is 0 Å². The maximum Gasteiger partial charge on any atom is 0.287 e. The molecule has 0 N–H and O–H groups in total. The number of hydrogen-bond donors (Lipinski definition) is 0. The Hall–Kier alpha value is -1.58. The molecule has 1 aliphatic rings. The molecule has 6 nitrogen and oxygen atoms in total. The van der Waals surface area contributed by atoms with E-state index in [4.69, 9.17) is 11.6 Å². The minimum Gasteiger partial charge on any atom is -0.366 e. The molecule has 1 fully saturated rings. The molecule has 1 saturated heterocycles. The average molecular weight is 404 g/mol. The first kappa shape index (κ1) is 19.2. The Kier molecular flexibility index (Phi) is 5.89. The molecule has 10 heteroatoms. The third-order valence-electron chi connectivity index (χ3n) is 4.36. The van der Waals surface area contributed by atoms with Crippen molar-refractivity contribution in [2.75, 3.05) is 31.1 Å². The van der Waals surface area contributed by atoms with Crippen LogP contribution in [0, 0.1) is 13.8 Å². The van der Waals surface area contributed by atoms with Gasteiger partial charge in [0.05, 0.1) is 22.6 Å². The molecule has 1 aliphatic heterocycles. The monoisotopic (exact) mass is 403 g/mol. The van der Waals surface area contributed by atoms with Crippen LogP contribution in [0.3, 0.4) is 0 Å². The van der Waals surface area contributed by atoms with Gasteiger partial charge < -0.3 is 4.90 Å². The minimum atomic E-state index is -2.65. The van der Waals surface area contributed by atoms with Crippen LogP contribution in [0.4, 0.5) is 14.5 Å². The van der Waals surface area contributed by atoms with Gasteiger partial charge in [0.25, 0.3) is 12.0 Å². The first-order valence-electron chi connectivity index (χ1n) is 8.29. The summed E-state index contributed by atoms with van der Waals surface area (Å²) in [5.41, 5.74) is 0.902. The number of aromatic nitrogens is 3. The first-order valence-corrected chi connectivity index (χ1v) is 9.48. The topological polar surface area (TPSA) is 54.3 Å². The summed E-state index contributed by atoms with van der Waals surface area (Å²) in [6, 6.07) is 0. The van der Waals surface area contributed by atoms with Crippen LogP contribution in [0.5, 0.6) is 0 Å². The quantitative estimate of drug-likeness (QED) is 0.768. The van der Waals surface area contributed by atoms with Gasteiger partial charge in [0, 0.05) is 37.6 Å². The second kappa shape index (κ2) is 7.98. The Labute approximate surface area is 159 Å². The molecule has 142 valence electrons. The number of nitrogens with zero attached hydrogens (tertiary/aromatic N) is 5. The fraction of sp³-hybridized carbons (Fsp3) is 0.562. The van der Waals surface area contributed by atoms with Gasteiger partial charge in [-0.15, -0.1) is 11.3 Å². The van der Waals surface area contributed by atoms with E-state index >= 15 is 0 Å². The lowest BCUT2D eigenvalue weighted by molar-refractivity contribution is 0.119. The Morgan fingerprint density at radius 3 is 2.54 bits per heavy atom. The summed E-state index contributed by atoms with van der Waals surface area (Å²) in [6.07, 6.45) is -1.25. The van der Waals surface area contributed by atoms with E-state index in [-0.39, 0.29) is 5.02 Å². The zero-order valence-electron chi connectivity index (χ0n) is 14.6. The van der Waals surface area contributed by atoms with E-state index in [0.717, 1.165) is 30.3 Å². The normalized spacial score (nSPS) is 15.8. The minimum absolute atomic E-state index is 0.0528. The van der Waals surface area contributed by atoms with Gasteiger partial charge in [-0.05, 0) is 13.8 Å². The van der Waals surface area contributed by atoms with E-state index in [2.05, 4.69) is 15.0 Å². The van der Waals surface area contributed by atoms with E-state index in [0.29, 0.717) is 23.5 Å². The summed E-state index contributed by atoms with van der Waals surface area (Å²) in [7, 11) is 0. The lowest BCUT2D eigenvalue weighted by atomic mass is 10.2. The molecule has 0 radical (unpaired) electrons. The van der Waals surface area contributed by atoms with Crippen LogP contribution in [-0.4, -0.2) is 52.3 Å². The Morgan fingerprint density at radius 2 is 1.96 bits per heavy atom. The highest BCUT2D eigenvalue weighted by Crippen LogP contribution is 2.24. The second-order valence-electron chi connectivity index (χ2n) is 6.23. The lowest BCUT2D eigenvalue weighted by Crippen LogP contribution is -2.46. The van der Waals surface area contributed by atoms with Gasteiger partial charge in [-0.3, -0.25) is 9.69 Å². The molecule has 26 heavy (non-hydrogen) atoms. The van der Waals surface area contributed by atoms with E-state index in [1.54, 1.807) is 11.3 Å². The van der Waals surface area contributed by atoms with Gasteiger partial charge in [0.1, 0.15) is 11.6 Å². The predicted octanol–water partition coefficient (Wildman–Crippen LogP) is 2.56. The molecule has 3 heterocycles. The number of halogens is 3. The maximum absolute atomic E-state index is 12.5. The predicted molar refractivity (Wildman–Crippen MR) is 98.6 cm³/mol. The van der Waals surface area contributed by atoms with E-state index in [9.17, 15) is 13.6 Å². The molecule has 0 saturated carbocycles. The zero-order valence-corrected chi connectivity index (χ0v) is 16.2. The van der Waals surface area contributed by atoms with Crippen molar-refractivity contribution in [3.05, 3.63) is 37.2 Å². The number of alkyl halides is 2. The van der Waals surface area contributed by atoms with E-state index in [1.807, 2.05) is 18.7 Å². The number of hydrogen-bond acceptors (Lipinski definition) is 6. The van der Waals surface area contributed by atoms with E-state index < -0.39 is 18.5 Å². The molecule has 0 spiro atoms. The standard InChI is InChI=1S/C16H20ClF2N5OS/c1-10-13(26-11(2)21-10)8-22-3-5-23(6-4-22)12-7-20-24(9-14(18)19)16(25)15(12)17/h7,14H,3-6,8-9H2,1-2H3. The molecule has 0 bridgehead atoms. The summed E-state index contributed by atoms with van der Waals surface area (Å²) >= 11 is 7.84. The van der Waals surface area contributed by atoms with Crippen LogP contribution < -0.4 is 10.5 Å². The van der Waals surface area contributed by atoms with Crippen molar-refractivity contribution >= 4 is 28.6 Å². The Morgan fingerprint density at radius 1 is 1.27 bits per heavy atom. The molecule has 2 aromatic heterocycles. The molecule has 0 atom stereocenters. The highest BCUT2D eigenvalue weighted by molar-refractivity contribution is 7.11. The molecule has 3 rings (SSSR count). The fourth-order valence-electron chi connectivity index (χ4n) is 3.01. The molecular weight excluding hydrogens is 384 g/mol. The molecular formula is C16H20ClF2N5OS. The van der Waals surface area contributed by atoms with Crippen LogP contribution in [-0.2, 0) is 13.1 Å². The number of aryl methyl sites for hydroxylation is 2. The average Bonchev–Trinajstić information content (AvgIpc) is 2.90. The molecule has 0 amide bonds. The summed E-state index contributed by atoms with van der Waals surface area (Å²) in [6.45, 7) is 7.14. The summed E-state index contributed by atoms with van der Waals surface area (Å²) in [4.78, 5) is 22.1. The van der Waals surface area contributed by atoms with Crippen LogP contribution in [0.15, 0.2) is 11.0 Å². The summed E-state index contributed by atoms with van der Waals surface area (Å²) < 4.78 is 25.7. The number of thiazole rings is 1. The zero-order chi connectivity index (χ0) is 18.8. The van der Waals surface area contributed by atoms with Gasteiger partial charge in [0.2, 0.25) is 0 Å². The molecule has 0 unspecified atom stereocenters. The highest BCUT2D eigenvalue weighted by Gasteiger charge is 2.22. The van der Waals surface area contributed by atoms with Crippen LogP contribution in [0.2, 0.25) is 5.02 Å². The number of anilines is 1. The lowest BCUT2D eigenvalue weighted by Gasteiger charge is -2.36. The maximum atomic E-state index is 12.5. The van der Waals surface area contributed by atoms with Crippen molar-refractivity contribution < 1.29 is 8.78 Å². The van der Waals surface area contributed by atoms with Crippen molar-refractivity contribution in [1.82, 2.24) is 19.7 Å². The third-order valence-corrected chi connectivity index (χ3v) is 5.77. The van der Waals surface area contributed by atoms with Gasteiger partial charge in [-0.25, -0.2) is 18.4 Å². The van der Waals surface area contributed by atoms with Gasteiger partial charge in [-0.1, -0.05) is 11.6 Å². The third kappa shape index (κ3) is 4.21. The smallest absolute Gasteiger partial charge is 0.287 e. The van der Waals surface area contributed by atoms with Gasteiger partial charge >= 0.3 is 0 Å². The van der Waals surface area contributed by atoms with Crippen LogP contribution in [0.1, 0.15) is 15.6 Å². The summed E-state index contributed by atoms with van der Waals surface area (Å²) in [5, 5.41) is 4.85. The van der Waals surface area contributed by atoms with Crippen LogP contribution in [0.25, 0.3) is 0 Å². The number of rotatable bonds is 5. The van der Waals surface area contributed by atoms with Crippen LogP contribution >= 0.6 is 22.9 Å². The Bertz CT molecular complexity index is 833. The molecule has 0 aromatic carbocycles. The molecule has 2 aromatic rings.